The Balaban J connectivity index is 0.00000338. The third-order valence-electron chi connectivity index (χ3n) is 5.44. The Kier molecular flexibility index (Phi) is 10.6. The SMILES string of the molecule is CCNC(=NCC1CCCCN1CC)NC1CCCC(C(F)(F)F)C1.I. The van der Waals surface area contributed by atoms with Gasteiger partial charge in [-0.25, -0.2) is 0 Å². The van der Waals surface area contributed by atoms with Crippen LogP contribution in [0.2, 0.25) is 0 Å². The molecule has 2 fully saturated rings. The number of guanidine groups is 1. The number of halogens is 4. The van der Waals surface area contributed by atoms with Gasteiger partial charge in [0.1, 0.15) is 0 Å². The molecule has 0 bridgehead atoms. The van der Waals surface area contributed by atoms with Crippen molar-refractivity contribution in [3.8, 4) is 0 Å². The molecule has 2 N–H and O–H groups in total. The van der Waals surface area contributed by atoms with Gasteiger partial charge in [0.05, 0.1) is 12.5 Å². The Hall–Kier alpha value is -0.250. The lowest BCUT2D eigenvalue weighted by Crippen LogP contribution is -2.48. The maximum atomic E-state index is 13.0. The van der Waals surface area contributed by atoms with Gasteiger partial charge in [-0.15, -0.1) is 24.0 Å². The summed E-state index contributed by atoms with van der Waals surface area (Å²) in [5.41, 5.74) is 0. The van der Waals surface area contributed by atoms with Crippen LogP contribution in [0.5, 0.6) is 0 Å². The summed E-state index contributed by atoms with van der Waals surface area (Å²) in [7, 11) is 0. The third-order valence-corrected chi connectivity index (χ3v) is 5.44. The maximum Gasteiger partial charge on any atom is 0.391 e. The van der Waals surface area contributed by atoms with E-state index in [9.17, 15) is 13.2 Å². The molecule has 0 aromatic heterocycles. The van der Waals surface area contributed by atoms with Crippen molar-refractivity contribution in [3.05, 3.63) is 0 Å². The lowest BCUT2D eigenvalue weighted by molar-refractivity contribution is -0.183. The molecule has 0 amide bonds. The van der Waals surface area contributed by atoms with Gasteiger partial charge in [-0.05, 0) is 52.1 Å². The van der Waals surface area contributed by atoms with Crippen LogP contribution in [0.3, 0.4) is 0 Å². The Morgan fingerprint density at radius 2 is 1.88 bits per heavy atom. The van der Waals surface area contributed by atoms with Crippen molar-refractivity contribution in [2.45, 2.75) is 77.1 Å². The van der Waals surface area contributed by atoms with Gasteiger partial charge in [0.25, 0.3) is 0 Å². The largest absolute Gasteiger partial charge is 0.391 e. The molecule has 0 spiro atoms. The quantitative estimate of drug-likeness (QED) is 0.346. The molecule has 2 rings (SSSR count). The maximum absolute atomic E-state index is 13.0. The van der Waals surface area contributed by atoms with E-state index >= 15 is 0 Å². The fraction of sp³-hybridized carbons (Fsp3) is 0.944. The second kappa shape index (κ2) is 11.6. The molecule has 2 aliphatic rings. The predicted octanol–water partition coefficient (Wildman–Crippen LogP) is 4.16. The lowest BCUT2D eigenvalue weighted by atomic mass is 9.85. The summed E-state index contributed by atoms with van der Waals surface area (Å²) in [6.45, 7) is 7.72. The van der Waals surface area contributed by atoms with Crippen LogP contribution in [0.4, 0.5) is 13.2 Å². The van der Waals surface area contributed by atoms with Crippen LogP contribution >= 0.6 is 24.0 Å². The van der Waals surface area contributed by atoms with E-state index < -0.39 is 12.1 Å². The first kappa shape index (κ1) is 23.8. The first-order valence-corrected chi connectivity index (χ1v) is 9.79. The van der Waals surface area contributed by atoms with Crippen molar-refractivity contribution >= 4 is 29.9 Å². The standard InChI is InChI=1S/C18H33F3N4.HI/c1-3-22-17(23-13-16-10-5-6-11-25(16)4-2)24-15-9-7-8-14(12-15)18(19,20)21;/h14-16H,3-13H2,1-2H3,(H2,22,23,24);1H. The smallest absolute Gasteiger partial charge is 0.357 e. The Labute approximate surface area is 172 Å². The second-order valence-electron chi connectivity index (χ2n) is 7.24. The van der Waals surface area contributed by atoms with Gasteiger partial charge in [0, 0.05) is 18.6 Å². The van der Waals surface area contributed by atoms with Gasteiger partial charge < -0.3 is 10.6 Å². The van der Waals surface area contributed by atoms with Crippen molar-refractivity contribution in [2.24, 2.45) is 10.9 Å². The number of piperidine rings is 1. The number of nitrogens with one attached hydrogen (secondary N) is 2. The van der Waals surface area contributed by atoms with Crippen LogP contribution in [0.15, 0.2) is 4.99 Å². The molecule has 0 aromatic carbocycles. The summed E-state index contributed by atoms with van der Waals surface area (Å²) in [5.74, 6) is -0.521. The molecular weight excluding hydrogens is 456 g/mol. The molecule has 0 aromatic rings. The molecular formula is C18H34F3IN4. The number of alkyl halides is 3. The molecule has 1 aliphatic carbocycles. The highest BCUT2D eigenvalue weighted by atomic mass is 127. The molecule has 1 saturated heterocycles. The van der Waals surface area contributed by atoms with Crippen molar-refractivity contribution < 1.29 is 13.2 Å². The number of likely N-dealkylation sites (tertiary alicyclic amines) is 1. The van der Waals surface area contributed by atoms with E-state index in [-0.39, 0.29) is 42.9 Å². The van der Waals surface area contributed by atoms with E-state index in [1.165, 1.54) is 12.8 Å². The van der Waals surface area contributed by atoms with Crippen molar-refractivity contribution in [1.29, 1.82) is 0 Å². The molecule has 1 saturated carbocycles. The van der Waals surface area contributed by atoms with E-state index in [0.717, 1.165) is 25.9 Å². The van der Waals surface area contributed by atoms with Crippen LogP contribution in [0, 0.1) is 5.92 Å². The van der Waals surface area contributed by atoms with Gasteiger partial charge >= 0.3 is 6.18 Å². The minimum Gasteiger partial charge on any atom is -0.357 e. The zero-order valence-corrected chi connectivity index (χ0v) is 18.3. The van der Waals surface area contributed by atoms with E-state index in [1.54, 1.807) is 0 Å². The minimum absolute atomic E-state index is 0. The van der Waals surface area contributed by atoms with E-state index in [2.05, 4.69) is 27.4 Å². The van der Waals surface area contributed by atoms with Gasteiger partial charge in [-0.1, -0.05) is 19.8 Å². The Bertz CT molecular complexity index is 431. The Morgan fingerprint density at radius 3 is 2.54 bits per heavy atom. The highest BCUT2D eigenvalue weighted by molar-refractivity contribution is 14.0. The normalized spacial score (nSPS) is 28.3. The molecule has 3 atom stereocenters. The first-order valence-electron chi connectivity index (χ1n) is 9.79. The average molecular weight is 490 g/mol. The summed E-state index contributed by atoms with van der Waals surface area (Å²) in [4.78, 5) is 7.14. The molecule has 26 heavy (non-hydrogen) atoms. The van der Waals surface area contributed by atoms with E-state index in [1.807, 2.05) is 6.92 Å². The first-order chi connectivity index (χ1) is 11.9. The summed E-state index contributed by atoms with van der Waals surface area (Å²) < 4.78 is 39.0. The molecule has 8 heteroatoms. The number of nitrogens with zero attached hydrogens (tertiary/aromatic N) is 2. The van der Waals surface area contributed by atoms with Crippen LogP contribution < -0.4 is 10.6 Å². The number of likely N-dealkylation sites (N-methyl/N-ethyl adjacent to an activating group) is 1. The minimum atomic E-state index is -4.08. The van der Waals surface area contributed by atoms with E-state index in [4.69, 9.17) is 0 Å². The predicted molar refractivity (Wildman–Crippen MR) is 111 cm³/mol. The van der Waals surface area contributed by atoms with Crippen molar-refractivity contribution in [3.63, 3.8) is 0 Å². The summed E-state index contributed by atoms with van der Waals surface area (Å²) in [6, 6.07) is 0.301. The highest BCUT2D eigenvalue weighted by Crippen LogP contribution is 2.37. The summed E-state index contributed by atoms with van der Waals surface area (Å²) in [5, 5.41) is 6.45. The van der Waals surface area contributed by atoms with Gasteiger partial charge in [0.15, 0.2) is 5.96 Å². The molecule has 1 aliphatic heterocycles. The average Bonchev–Trinajstić information content (AvgIpc) is 2.59. The van der Waals surface area contributed by atoms with Crippen LogP contribution in [-0.2, 0) is 0 Å². The van der Waals surface area contributed by atoms with Crippen LogP contribution in [-0.4, -0.2) is 55.3 Å². The van der Waals surface area contributed by atoms with Crippen LogP contribution in [0.25, 0.3) is 0 Å². The van der Waals surface area contributed by atoms with Crippen LogP contribution in [0.1, 0.15) is 58.8 Å². The second-order valence-corrected chi connectivity index (χ2v) is 7.24. The number of hydrogen-bond acceptors (Lipinski definition) is 2. The van der Waals surface area contributed by atoms with Gasteiger partial charge in [-0.2, -0.15) is 13.2 Å². The molecule has 154 valence electrons. The number of hydrogen-bond donors (Lipinski definition) is 2. The van der Waals surface area contributed by atoms with E-state index in [0.29, 0.717) is 31.5 Å². The molecule has 3 unspecified atom stereocenters. The fourth-order valence-electron chi connectivity index (χ4n) is 4.01. The third kappa shape index (κ3) is 7.40. The summed E-state index contributed by atoms with van der Waals surface area (Å²) >= 11 is 0. The number of aliphatic imine (C=N–C) groups is 1. The Morgan fingerprint density at radius 1 is 1.12 bits per heavy atom. The summed E-state index contributed by atoms with van der Waals surface area (Å²) in [6.07, 6.45) is 1.34. The van der Waals surface area contributed by atoms with Crippen molar-refractivity contribution in [1.82, 2.24) is 15.5 Å². The zero-order chi connectivity index (χ0) is 18.3. The van der Waals surface area contributed by atoms with Gasteiger partial charge in [-0.3, -0.25) is 9.89 Å². The molecule has 4 nitrogen and oxygen atoms in total. The topological polar surface area (TPSA) is 39.7 Å². The molecule has 0 radical (unpaired) electrons. The fourth-order valence-corrected chi connectivity index (χ4v) is 4.01. The number of rotatable bonds is 5. The zero-order valence-electron chi connectivity index (χ0n) is 15.9. The lowest BCUT2D eigenvalue weighted by Gasteiger charge is -2.34. The van der Waals surface area contributed by atoms with Crippen molar-refractivity contribution in [2.75, 3.05) is 26.2 Å². The monoisotopic (exact) mass is 490 g/mol. The molecule has 1 heterocycles. The van der Waals surface area contributed by atoms with Gasteiger partial charge in [0.2, 0.25) is 0 Å². The highest BCUT2D eigenvalue weighted by Gasteiger charge is 2.42.